The molecule has 1 aliphatic heterocycles. The standard InChI is InChI=1S/C17H15FN6O13P2/c18-8-1-2-9-10(19-36-11(9)5-8)6-24-13(25)3-4-23(17(24)28)16-15(27)14(26)12(35-16)7-34-39(33,22-31)37-38(32,20-29)21-30/h1-5,12,14-16,26-27H,6-7H2/t12-,14+,15+,16-,39?/m1/s1. The highest BCUT2D eigenvalue weighted by Gasteiger charge is 2.47. The first-order valence-corrected chi connectivity index (χ1v) is 13.4. The number of nitrogens with zero attached hydrogens (tertiary/aromatic N) is 6. The quantitative estimate of drug-likeness (QED) is 0.236. The van der Waals surface area contributed by atoms with Gasteiger partial charge in [-0.15, -0.1) is 14.7 Å². The predicted molar refractivity (Wildman–Crippen MR) is 124 cm³/mol. The molecule has 5 atom stereocenters. The van der Waals surface area contributed by atoms with Gasteiger partial charge in [0.2, 0.25) is 0 Å². The van der Waals surface area contributed by atoms with Gasteiger partial charge < -0.3 is 19.5 Å². The third-order valence-electron chi connectivity index (χ3n) is 5.44. The molecule has 208 valence electrons. The molecule has 2 N–H and O–H groups in total. The van der Waals surface area contributed by atoms with Crippen molar-refractivity contribution in [3.05, 3.63) is 77.5 Å². The molecule has 0 amide bonds. The minimum atomic E-state index is -5.33. The first-order valence-electron chi connectivity index (χ1n) is 10.4. The van der Waals surface area contributed by atoms with Crippen LogP contribution in [-0.2, 0) is 29.2 Å². The van der Waals surface area contributed by atoms with E-state index in [9.17, 15) is 48.0 Å². The van der Waals surface area contributed by atoms with Crippen LogP contribution in [0.4, 0.5) is 4.39 Å². The van der Waals surface area contributed by atoms with Crippen molar-refractivity contribution in [1.29, 1.82) is 0 Å². The van der Waals surface area contributed by atoms with Crippen LogP contribution in [0.1, 0.15) is 11.9 Å². The number of halogens is 1. The Morgan fingerprint density at radius 1 is 1.08 bits per heavy atom. The molecule has 1 aromatic carbocycles. The maximum absolute atomic E-state index is 13.4. The van der Waals surface area contributed by atoms with Crippen molar-refractivity contribution in [2.45, 2.75) is 31.1 Å². The third-order valence-corrected chi connectivity index (χ3v) is 8.21. The number of rotatable bonds is 11. The molecule has 0 bridgehead atoms. The van der Waals surface area contributed by atoms with Crippen molar-refractivity contribution in [2.24, 2.45) is 14.8 Å². The Bertz CT molecular complexity index is 1640. The van der Waals surface area contributed by atoms with Gasteiger partial charge in [0.15, 0.2) is 11.8 Å². The Labute approximate surface area is 213 Å². The summed E-state index contributed by atoms with van der Waals surface area (Å²) in [5.74, 6) is -0.601. The van der Waals surface area contributed by atoms with Gasteiger partial charge in [0.1, 0.15) is 29.8 Å². The topological polar surface area (TPSA) is 261 Å². The van der Waals surface area contributed by atoms with Gasteiger partial charge in [-0.2, -0.15) is 4.31 Å². The van der Waals surface area contributed by atoms with Crippen LogP contribution in [0.5, 0.6) is 0 Å². The Hall–Kier alpha value is -3.64. The van der Waals surface area contributed by atoms with Gasteiger partial charge in [-0.3, -0.25) is 18.5 Å². The highest BCUT2D eigenvalue weighted by molar-refractivity contribution is 7.67. The summed E-state index contributed by atoms with van der Waals surface area (Å²) in [5, 5.41) is 24.8. The number of hydrogen-bond donors (Lipinski definition) is 2. The van der Waals surface area contributed by atoms with Gasteiger partial charge >= 0.3 is 21.1 Å². The number of aliphatic hydroxyl groups is 2. The van der Waals surface area contributed by atoms with Gasteiger partial charge in [-0.1, -0.05) is 5.16 Å². The normalized spacial score (nSPS) is 22.9. The van der Waals surface area contributed by atoms with Crippen molar-refractivity contribution < 1.29 is 41.8 Å². The number of fused-ring (bicyclic) bond motifs is 1. The second kappa shape index (κ2) is 10.9. The van der Waals surface area contributed by atoms with E-state index in [1.165, 1.54) is 6.07 Å². The number of aromatic nitrogens is 3. The summed E-state index contributed by atoms with van der Waals surface area (Å²) in [6.07, 6.45) is -6.08. The average Bonchev–Trinajstić information content (AvgIpc) is 3.44. The number of ether oxygens (including phenoxy) is 1. The Balaban J connectivity index is 1.56. The lowest BCUT2D eigenvalue weighted by molar-refractivity contribution is -0.0529. The SMILES string of the molecule is O=NP(=O)(N=O)OP(=O)(N=O)OC[C@H]1O[C@@H](n2ccc(=O)n(Cc3noc4cc(F)ccc34)c2=O)[C@@H](O)[C@H]1O. The fourth-order valence-corrected chi connectivity index (χ4v) is 5.64. The fourth-order valence-electron chi connectivity index (χ4n) is 3.60. The van der Waals surface area contributed by atoms with E-state index in [-0.39, 0.29) is 11.3 Å². The number of nitroso groups, excluding NO2 is 3. The van der Waals surface area contributed by atoms with E-state index in [2.05, 4.69) is 14.0 Å². The molecule has 3 aromatic rings. The van der Waals surface area contributed by atoms with Gasteiger partial charge in [-0.25, -0.2) is 18.3 Å². The zero-order chi connectivity index (χ0) is 28.5. The van der Waals surface area contributed by atoms with E-state index in [1.807, 2.05) is 4.95 Å². The second-order valence-corrected chi connectivity index (χ2v) is 11.1. The van der Waals surface area contributed by atoms with E-state index in [4.69, 9.17) is 9.26 Å². The summed E-state index contributed by atoms with van der Waals surface area (Å²) in [6, 6.07) is 4.44. The minimum Gasteiger partial charge on any atom is -0.387 e. The number of hydrogen-bond acceptors (Lipinski definition) is 14. The van der Waals surface area contributed by atoms with Crippen LogP contribution in [0.25, 0.3) is 11.0 Å². The van der Waals surface area contributed by atoms with E-state index in [1.54, 1.807) is 9.89 Å². The summed E-state index contributed by atoms with van der Waals surface area (Å²) in [4.78, 5) is 62.7. The average molecular weight is 592 g/mol. The van der Waals surface area contributed by atoms with Crippen molar-refractivity contribution in [3.8, 4) is 0 Å². The molecule has 0 aliphatic carbocycles. The molecule has 22 heteroatoms. The molecule has 0 radical (unpaired) electrons. The molecule has 1 fully saturated rings. The van der Waals surface area contributed by atoms with Crippen LogP contribution < -0.4 is 11.2 Å². The third kappa shape index (κ3) is 5.57. The van der Waals surface area contributed by atoms with Crippen LogP contribution in [-0.4, -0.2) is 49.4 Å². The lowest BCUT2D eigenvalue weighted by Gasteiger charge is -2.18. The van der Waals surface area contributed by atoms with E-state index >= 15 is 0 Å². The van der Waals surface area contributed by atoms with Gasteiger partial charge in [0.05, 0.1) is 13.2 Å². The number of benzene rings is 1. The van der Waals surface area contributed by atoms with Crippen LogP contribution in [0.2, 0.25) is 0 Å². The van der Waals surface area contributed by atoms with Gasteiger partial charge in [0.25, 0.3) is 5.56 Å². The van der Waals surface area contributed by atoms with E-state index in [0.717, 1.165) is 29.0 Å². The molecule has 1 aliphatic rings. The number of aliphatic hydroxyl groups excluding tert-OH is 2. The summed E-state index contributed by atoms with van der Waals surface area (Å²) in [7, 11) is -10.7. The van der Waals surface area contributed by atoms with Crippen LogP contribution in [0, 0.1) is 20.5 Å². The molecular weight excluding hydrogens is 577 g/mol. The van der Waals surface area contributed by atoms with Gasteiger partial charge in [0, 0.05) is 38.6 Å². The van der Waals surface area contributed by atoms with E-state index < -0.39 is 70.2 Å². The Morgan fingerprint density at radius 3 is 2.46 bits per heavy atom. The molecule has 1 saturated heterocycles. The summed E-state index contributed by atoms with van der Waals surface area (Å²) in [5.41, 5.74) is -1.68. The van der Waals surface area contributed by atoms with Crippen LogP contribution >= 0.6 is 15.4 Å². The van der Waals surface area contributed by atoms with Gasteiger partial charge in [-0.05, 0) is 12.1 Å². The summed E-state index contributed by atoms with van der Waals surface area (Å²) in [6.45, 7) is -1.50. The zero-order valence-corrected chi connectivity index (χ0v) is 20.7. The molecule has 2 aromatic heterocycles. The second-order valence-electron chi connectivity index (χ2n) is 7.83. The van der Waals surface area contributed by atoms with E-state index in [0.29, 0.717) is 9.95 Å². The zero-order valence-electron chi connectivity index (χ0n) is 19.0. The molecular formula is C17H15FN6O13P2. The van der Waals surface area contributed by atoms with Crippen molar-refractivity contribution in [2.75, 3.05) is 6.61 Å². The van der Waals surface area contributed by atoms with Crippen molar-refractivity contribution in [1.82, 2.24) is 14.3 Å². The maximum Gasteiger partial charge on any atom is 0.513 e. The molecule has 3 heterocycles. The largest absolute Gasteiger partial charge is 0.513 e. The van der Waals surface area contributed by atoms with Crippen molar-refractivity contribution >= 4 is 26.4 Å². The smallest absolute Gasteiger partial charge is 0.387 e. The lowest BCUT2D eigenvalue weighted by Crippen LogP contribution is -2.43. The van der Waals surface area contributed by atoms with Crippen molar-refractivity contribution in [3.63, 3.8) is 0 Å². The molecule has 39 heavy (non-hydrogen) atoms. The molecule has 19 nitrogen and oxygen atoms in total. The predicted octanol–water partition coefficient (Wildman–Crippen LogP) is 1.51. The molecule has 0 spiro atoms. The highest BCUT2D eigenvalue weighted by atomic mass is 31.3. The Morgan fingerprint density at radius 2 is 1.79 bits per heavy atom. The van der Waals surface area contributed by atoms with Crippen LogP contribution in [0.3, 0.4) is 0 Å². The molecule has 0 saturated carbocycles. The fraction of sp³-hybridized carbons (Fsp3) is 0.353. The monoisotopic (exact) mass is 592 g/mol. The Kier molecular flexibility index (Phi) is 7.89. The van der Waals surface area contributed by atoms with Crippen LogP contribution in [0.15, 0.2) is 59.4 Å². The minimum absolute atomic E-state index is 0.0603. The first-order chi connectivity index (χ1) is 18.4. The molecule has 4 rings (SSSR count). The summed E-state index contributed by atoms with van der Waals surface area (Å²) < 4.78 is 57.5. The maximum atomic E-state index is 13.4. The summed E-state index contributed by atoms with van der Waals surface area (Å²) >= 11 is 0. The molecule has 1 unspecified atom stereocenters. The first kappa shape index (κ1) is 28.4. The lowest BCUT2D eigenvalue weighted by atomic mass is 10.1. The highest BCUT2D eigenvalue weighted by Crippen LogP contribution is 2.66.